The Morgan fingerprint density at radius 3 is 2.83 bits per heavy atom. The average molecular weight is 250 g/mol. The maximum atomic E-state index is 5.19. The van der Waals surface area contributed by atoms with Crippen molar-refractivity contribution in [1.82, 2.24) is 10.3 Å². The monoisotopic (exact) mass is 250 g/mol. The Morgan fingerprint density at radius 2 is 2.22 bits per heavy atom. The second-order valence-corrected chi connectivity index (χ2v) is 4.92. The van der Waals surface area contributed by atoms with Crippen LogP contribution < -0.4 is 5.32 Å². The van der Waals surface area contributed by atoms with Gasteiger partial charge in [-0.1, -0.05) is 13.8 Å². The number of rotatable bonds is 8. The minimum absolute atomic E-state index is 0.369. The van der Waals surface area contributed by atoms with Crippen LogP contribution in [0.1, 0.15) is 43.9 Å². The summed E-state index contributed by atoms with van der Waals surface area (Å²) in [5.41, 5.74) is 2.62. The molecular weight excluding hydrogens is 224 g/mol. The van der Waals surface area contributed by atoms with Crippen LogP contribution in [0.2, 0.25) is 0 Å². The highest BCUT2D eigenvalue weighted by Crippen LogP contribution is 2.26. The second kappa shape index (κ2) is 8.22. The molecule has 102 valence electrons. The Kier molecular flexibility index (Phi) is 6.91. The van der Waals surface area contributed by atoms with E-state index in [1.807, 2.05) is 12.4 Å². The molecule has 0 aliphatic heterocycles. The summed E-state index contributed by atoms with van der Waals surface area (Å²) < 4.78 is 5.19. The molecule has 18 heavy (non-hydrogen) atoms. The molecule has 0 bridgehead atoms. The first-order valence-corrected chi connectivity index (χ1v) is 6.83. The lowest BCUT2D eigenvalue weighted by molar-refractivity contribution is 0.170. The van der Waals surface area contributed by atoms with Crippen LogP contribution in [0.5, 0.6) is 0 Å². The van der Waals surface area contributed by atoms with E-state index in [9.17, 15) is 0 Å². The molecule has 1 rings (SSSR count). The smallest absolute Gasteiger partial charge is 0.0465 e. The van der Waals surface area contributed by atoms with Gasteiger partial charge in [0.15, 0.2) is 0 Å². The molecule has 0 saturated carbocycles. The van der Waals surface area contributed by atoms with Crippen molar-refractivity contribution in [1.29, 1.82) is 0 Å². The summed E-state index contributed by atoms with van der Waals surface area (Å²) in [6.07, 6.45) is 6.06. The third-order valence-electron chi connectivity index (χ3n) is 3.38. The Hall–Kier alpha value is -0.930. The Bertz CT molecular complexity index is 341. The first-order chi connectivity index (χ1) is 8.70. The van der Waals surface area contributed by atoms with Crippen molar-refractivity contribution in [2.75, 3.05) is 20.3 Å². The molecule has 0 aromatic carbocycles. The summed E-state index contributed by atoms with van der Waals surface area (Å²) in [5, 5.41) is 3.64. The van der Waals surface area contributed by atoms with Crippen molar-refractivity contribution in [2.45, 2.75) is 39.7 Å². The normalized spacial score (nSPS) is 14.4. The van der Waals surface area contributed by atoms with Crippen molar-refractivity contribution >= 4 is 0 Å². The number of aromatic nitrogens is 1. The number of hydrogen-bond donors (Lipinski definition) is 1. The Balaban J connectivity index is 2.80. The molecule has 0 fully saturated rings. The van der Waals surface area contributed by atoms with E-state index in [2.05, 4.69) is 37.1 Å². The van der Waals surface area contributed by atoms with Gasteiger partial charge in [0.25, 0.3) is 0 Å². The topological polar surface area (TPSA) is 34.2 Å². The van der Waals surface area contributed by atoms with Crippen LogP contribution in [0, 0.1) is 12.8 Å². The fraction of sp³-hybridized carbons (Fsp3) is 0.667. The van der Waals surface area contributed by atoms with E-state index in [-0.39, 0.29) is 0 Å². The van der Waals surface area contributed by atoms with Crippen LogP contribution in [0.15, 0.2) is 18.5 Å². The summed E-state index contributed by atoms with van der Waals surface area (Å²) in [7, 11) is 1.76. The highest BCUT2D eigenvalue weighted by atomic mass is 16.5. The zero-order valence-electron chi connectivity index (χ0n) is 12.1. The van der Waals surface area contributed by atoms with Gasteiger partial charge in [0.05, 0.1) is 0 Å². The molecule has 1 N–H and O–H groups in total. The highest BCUT2D eigenvalue weighted by molar-refractivity contribution is 5.25. The third kappa shape index (κ3) is 4.39. The molecule has 1 aromatic rings. The van der Waals surface area contributed by atoms with E-state index in [0.717, 1.165) is 26.0 Å². The minimum atomic E-state index is 0.369. The van der Waals surface area contributed by atoms with Gasteiger partial charge in [0, 0.05) is 32.2 Å². The van der Waals surface area contributed by atoms with E-state index in [0.29, 0.717) is 12.0 Å². The molecule has 1 aromatic heterocycles. The van der Waals surface area contributed by atoms with Crippen LogP contribution in [0.25, 0.3) is 0 Å². The maximum absolute atomic E-state index is 5.19. The number of pyridine rings is 1. The van der Waals surface area contributed by atoms with E-state index < -0.39 is 0 Å². The van der Waals surface area contributed by atoms with Crippen LogP contribution in [-0.2, 0) is 4.74 Å². The molecule has 0 aliphatic carbocycles. The first-order valence-electron chi connectivity index (χ1n) is 6.83. The lowest BCUT2D eigenvalue weighted by Crippen LogP contribution is -2.29. The molecule has 1 heterocycles. The van der Waals surface area contributed by atoms with Crippen LogP contribution in [-0.4, -0.2) is 25.2 Å². The zero-order valence-corrected chi connectivity index (χ0v) is 12.1. The Labute approximate surface area is 111 Å². The molecule has 2 unspecified atom stereocenters. The van der Waals surface area contributed by atoms with Gasteiger partial charge in [-0.25, -0.2) is 0 Å². The van der Waals surface area contributed by atoms with Crippen LogP contribution in [0.3, 0.4) is 0 Å². The number of nitrogens with one attached hydrogen (secondary N) is 1. The number of nitrogens with zero attached hydrogens (tertiary/aromatic N) is 1. The first kappa shape index (κ1) is 15.1. The standard InChI is InChI=1S/C15H26N2O/c1-5-8-17-15(13(3)7-10-18-4)14-11-16-9-6-12(14)2/h6,9,11,13,15,17H,5,7-8,10H2,1-4H3. The van der Waals surface area contributed by atoms with Crippen LogP contribution >= 0.6 is 0 Å². The highest BCUT2D eigenvalue weighted by Gasteiger charge is 2.20. The minimum Gasteiger partial charge on any atom is -0.385 e. The molecule has 0 spiro atoms. The van der Waals surface area contributed by atoms with Crippen molar-refractivity contribution in [2.24, 2.45) is 5.92 Å². The SMILES string of the molecule is CCCNC(c1cnccc1C)C(C)CCOC. The van der Waals surface area contributed by atoms with Crippen molar-refractivity contribution in [3.05, 3.63) is 29.6 Å². The van der Waals surface area contributed by atoms with E-state index >= 15 is 0 Å². The molecule has 3 heteroatoms. The number of methoxy groups -OCH3 is 1. The summed E-state index contributed by atoms with van der Waals surface area (Å²) in [5.74, 6) is 0.541. The summed E-state index contributed by atoms with van der Waals surface area (Å²) in [4.78, 5) is 4.27. The number of ether oxygens (including phenoxy) is 1. The van der Waals surface area contributed by atoms with Crippen molar-refractivity contribution in [3.63, 3.8) is 0 Å². The van der Waals surface area contributed by atoms with Gasteiger partial charge in [-0.05, 0) is 49.4 Å². The van der Waals surface area contributed by atoms with Crippen molar-refractivity contribution in [3.8, 4) is 0 Å². The van der Waals surface area contributed by atoms with Gasteiger partial charge in [-0.3, -0.25) is 4.98 Å². The van der Waals surface area contributed by atoms with Gasteiger partial charge in [0.2, 0.25) is 0 Å². The fourth-order valence-corrected chi connectivity index (χ4v) is 2.19. The lowest BCUT2D eigenvalue weighted by atomic mass is 9.90. The quantitative estimate of drug-likeness (QED) is 0.770. The van der Waals surface area contributed by atoms with Gasteiger partial charge in [-0.15, -0.1) is 0 Å². The van der Waals surface area contributed by atoms with Crippen molar-refractivity contribution < 1.29 is 4.74 Å². The van der Waals surface area contributed by atoms with Gasteiger partial charge < -0.3 is 10.1 Å². The third-order valence-corrected chi connectivity index (χ3v) is 3.38. The lowest BCUT2D eigenvalue weighted by Gasteiger charge is -2.26. The number of aryl methyl sites for hydroxylation is 1. The number of hydrogen-bond acceptors (Lipinski definition) is 3. The summed E-state index contributed by atoms with van der Waals surface area (Å²) in [6, 6.07) is 2.45. The zero-order chi connectivity index (χ0) is 13.4. The average Bonchev–Trinajstić information content (AvgIpc) is 2.38. The molecule has 0 aliphatic rings. The Morgan fingerprint density at radius 1 is 1.44 bits per heavy atom. The fourth-order valence-electron chi connectivity index (χ4n) is 2.19. The van der Waals surface area contributed by atoms with Gasteiger partial charge in [-0.2, -0.15) is 0 Å². The van der Waals surface area contributed by atoms with E-state index in [4.69, 9.17) is 4.74 Å². The summed E-state index contributed by atoms with van der Waals surface area (Å²) >= 11 is 0. The van der Waals surface area contributed by atoms with Gasteiger partial charge in [0.1, 0.15) is 0 Å². The predicted octanol–water partition coefficient (Wildman–Crippen LogP) is 3.10. The molecule has 0 radical (unpaired) electrons. The molecule has 2 atom stereocenters. The maximum Gasteiger partial charge on any atom is 0.0465 e. The van der Waals surface area contributed by atoms with E-state index in [1.165, 1.54) is 11.1 Å². The molecule has 0 saturated heterocycles. The van der Waals surface area contributed by atoms with E-state index in [1.54, 1.807) is 7.11 Å². The van der Waals surface area contributed by atoms with Gasteiger partial charge >= 0.3 is 0 Å². The second-order valence-electron chi connectivity index (χ2n) is 4.92. The molecule has 3 nitrogen and oxygen atoms in total. The largest absolute Gasteiger partial charge is 0.385 e. The van der Waals surface area contributed by atoms with Crippen LogP contribution in [0.4, 0.5) is 0 Å². The molecular formula is C15H26N2O. The predicted molar refractivity (Wildman–Crippen MR) is 75.7 cm³/mol. The molecule has 0 amide bonds. The summed E-state index contributed by atoms with van der Waals surface area (Å²) in [6.45, 7) is 8.47.